The highest BCUT2D eigenvalue weighted by atomic mass is 16.2. The predicted octanol–water partition coefficient (Wildman–Crippen LogP) is 1.31. The Hall–Kier alpha value is -0.530. The first-order valence-corrected chi connectivity index (χ1v) is 4.59. The number of carbonyl (C=O) groups excluding carboxylic acids is 1. The van der Waals surface area contributed by atoms with Crippen molar-refractivity contribution in [2.24, 2.45) is 11.8 Å². The van der Waals surface area contributed by atoms with E-state index in [-0.39, 0.29) is 11.8 Å². The van der Waals surface area contributed by atoms with Crippen LogP contribution in [-0.4, -0.2) is 11.9 Å². The first-order chi connectivity index (χ1) is 5.29. The molecule has 0 spiro atoms. The van der Waals surface area contributed by atoms with Gasteiger partial charge in [-0.25, -0.2) is 0 Å². The van der Waals surface area contributed by atoms with Crippen molar-refractivity contribution in [1.82, 2.24) is 5.32 Å². The Bertz CT molecular complexity index is 178. The van der Waals surface area contributed by atoms with Crippen LogP contribution in [0, 0.1) is 11.8 Å². The lowest BCUT2D eigenvalue weighted by Gasteiger charge is -2.25. The minimum absolute atomic E-state index is 0.278. The van der Waals surface area contributed by atoms with E-state index < -0.39 is 0 Å². The van der Waals surface area contributed by atoms with E-state index >= 15 is 0 Å². The Morgan fingerprint density at radius 1 is 1.36 bits per heavy atom. The van der Waals surface area contributed by atoms with Crippen molar-refractivity contribution in [3.63, 3.8) is 0 Å². The second-order valence-corrected chi connectivity index (χ2v) is 3.85. The molecule has 0 aromatic carbocycles. The number of rotatable bonds is 0. The Morgan fingerprint density at radius 3 is 2.82 bits per heavy atom. The normalized spacial score (nSPS) is 43.4. The molecule has 2 heteroatoms. The number of carbonyl (C=O) groups is 1. The van der Waals surface area contributed by atoms with Crippen LogP contribution >= 0.6 is 0 Å². The Balaban J connectivity index is 2.11. The van der Waals surface area contributed by atoms with Crippen LogP contribution in [0.5, 0.6) is 0 Å². The number of hydrogen-bond donors (Lipinski definition) is 1. The zero-order chi connectivity index (χ0) is 7.84. The number of nitrogens with one attached hydrogen (secondary N) is 1. The average molecular weight is 153 g/mol. The summed E-state index contributed by atoms with van der Waals surface area (Å²) in [6.45, 7) is 2.06. The summed E-state index contributed by atoms with van der Waals surface area (Å²) in [7, 11) is 0. The maximum Gasteiger partial charge on any atom is 0.223 e. The molecular formula is C9H15NO. The molecule has 2 rings (SSSR count). The van der Waals surface area contributed by atoms with Crippen molar-refractivity contribution in [2.75, 3.05) is 0 Å². The predicted molar refractivity (Wildman–Crippen MR) is 43.1 cm³/mol. The van der Waals surface area contributed by atoms with E-state index in [1.165, 1.54) is 25.7 Å². The van der Waals surface area contributed by atoms with Crippen molar-refractivity contribution in [3.8, 4) is 0 Å². The van der Waals surface area contributed by atoms with Gasteiger partial charge < -0.3 is 5.32 Å². The van der Waals surface area contributed by atoms with Gasteiger partial charge in [0.25, 0.3) is 0 Å². The molecule has 0 aromatic rings. The standard InChI is InChI=1S/C9H15NO/c1-6-7-4-2-3-5-8(7)10-9(6)11/h6-8H,2-5H2,1H3,(H,10,11)/t6-,7+,8-/m0/s1. The molecule has 62 valence electrons. The fourth-order valence-electron chi connectivity index (χ4n) is 2.45. The first kappa shape index (κ1) is 7.14. The van der Waals surface area contributed by atoms with Gasteiger partial charge in [-0.15, -0.1) is 0 Å². The lowest BCUT2D eigenvalue weighted by Crippen LogP contribution is -2.31. The smallest absolute Gasteiger partial charge is 0.223 e. The Morgan fingerprint density at radius 2 is 2.09 bits per heavy atom. The molecule has 2 nitrogen and oxygen atoms in total. The van der Waals surface area contributed by atoms with Gasteiger partial charge in [0.2, 0.25) is 5.91 Å². The topological polar surface area (TPSA) is 29.1 Å². The van der Waals surface area contributed by atoms with Crippen molar-refractivity contribution in [1.29, 1.82) is 0 Å². The quantitative estimate of drug-likeness (QED) is 0.558. The van der Waals surface area contributed by atoms with Crippen LogP contribution in [0.4, 0.5) is 0 Å². The summed E-state index contributed by atoms with van der Waals surface area (Å²) in [4.78, 5) is 11.2. The van der Waals surface area contributed by atoms with Crippen LogP contribution in [0.25, 0.3) is 0 Å². The van der Waals surface area contributed by atoms with Crippen LogP contribution in [0.3, 0.4) is 0 Å². The van der Waals surface area contributed by atoms with Crippen LogP contribution in [0.15, 0.2) is 0 Å². The minimum Gasteiger partial charge on any atom is -0.353 e. The van der Waals surface area contributed by atoms with Gasteiger partial charge in [-0.05, 0) is 18.8 Å². The van der Waals surface area contributed by atoms with E-state index in [0.717, 1.165) is 0 Å². The van der Waals surface area contributed by atoms with E-state index in [2.05, 4.69) is 12.2 Å². The number of hydrogen-bond acceptors (Lipinski definition) is 1. The van der Waals surface area contributed by atoms with Crippen molar-refractivity contribution in [3.05, 3.63) is 0 Å². The second kappa shape index (κ2) is 2.50. The Labute approximate surface area is 67.4 Å². The maximum atomic E-state index is 11.2. The van der Waals surface area contributed by atoms with E-state index in [9.17, 15) is 4.79 Å². The summed E-state index contributed by atoms with van der Waals surface area (Å²) in [6.07, 6.45) is 5.08. The molecule has 0 unspecified atom stereocenters. The van der Waals surface area contributed by atoms with Crippen molar-refractivity contribution < 1.29 is 4.79 Å². The Kier molecular flexibility index (Phi) is 1.63. The van der Waals surface area contributed by atoms with Gasteiger partial charge in [0.1, 0.15) is 0 Å². The second-order valence-electron chi connectivity index (χ2n) is 3.85. The van der Waals surface area contributed by atoms with Gasteiger partial charge in [-0.1, -0.05) is 19.8 Å². The van der Waals surface area contributed by atoms with E-state index in [4.69, 9.17) is 0 Å². The molecule has 1 saturated carbocycles. The zero-order valence-electron chi connectivity index (χ0n) is 6.97. The highest BCUT2D eigenvalue weighted by Gasteiger charge is 2.39. The van der Waals surface area contributed by atoms with Crippen LogP contribution in [0.2, 0.25) is 0 Å². The largest absolute Gasteiger partial charge is 0.353 e. The highest BCUT2D eigenvalue weighted by Crippen LogP contribution is 2.34. The lowest BCUT2D eigenvalue weighted by molar-refractivity contribution is -0.122. The molecule has 11 heavy (non-hydrogen) atoms. The number of amides is 1. The zero-order valence-corrected chi connectivity index (χ0v) is 6.97. The molecule has 1 heterocycles. The molecule has 0 bridgehead atoms. The molecular weight excluding hydrogens is 138 g/mol. The third-order valence-electron chi connectivity index (χ3n) is 3.20. The monoisotopic (exact) mass is 153 g/mol. The molecule has 0 aromatic heterocycles. The lowest BCUT2D eigenvalue weighted by atomic mass is 9.81. The minimum atomic E-state index is 0.278. The van der Waals surface area contributed by atoms with E-state index in [1.807, 2.05) is 0 Å². The summed E-state index contributed by atoms with van der Waals surface area (Å²) in [5.41, 5.74) is 0. The average Bonchev–Trinajstić information content (AvgIpc) is 2.30. The third-order valence-corrected chi connectivity index (χ3v) is 3.20. The summed E-state index contributed by atoms with van der Waals surface area (Å²) >= 11 is 0. The molecule has 2 aliphatic rings. The summed E-state index contributed by atoms with van der Waals surface area (Å²) in [6, 6.07) is 0.520. The van der Waals surface area contributed by atoms with Gasteiger partial charge in [0, 0.05) is 12.0 Å². The van der Waals surface area contributed by atoms with Gasteiger partial charge in [0.05, 0.1) is 0 Å². The first-order valence-electron chi connectivity index (χ1n) is 4.59. The van der Waals surface area contributed by atoms with Crippen LogP contribution in [0.1, 0.15) is 32.6 Å². The summed E-state index contributed by atoms with van der Waals surface area (Å²) in [5.74, 6) is 1.21. The van der Waals surface area contributed by atoms with Gasteiger partial charge in [0.15, 0.2) is 0 Å². The van der Waals surface area contributed by atoms with Gasteiger partial charge >= 0.3 is 0 Å². The molecule has 1 saturated heterocycles. The summed E-state index contributed by atoms with van der Waals surface area (Å²) < 4.78 is 0. The maximum absolute atomic E-state index is 11.2. The van der Waals surface area contributed by atoms with E-state index in [0.29, 0.717) is 12.0 Å². The SMILES string of the molecule is C[C@@H]1C(=O)N[C@H]2CCCC[C@@H]21. The molecule has 1 aliphatic heterocycles. The molecule has 1 N–H and O–H groups in total. The van der Waals surface area contributed by atoms with Crippen LogP contribution in [-0.2, 0) is 4.79 Å². The fourth-order valence-corrected chi connectivity index (χ4v) is 2.45. The summed E-state index contributed by atoms with van der Waals surface area (Å²) in [5, 5.41) is 3.07. The van der Waals surface area contributed by atoms with Crippen molar-refractivity contribution in [2.45, 2.75) is 38.6 Å². The number of fused-ring (bicyclic) bond motifs is 1. The molecule has 1 amide bonds. The van der Waals surface area contributed by atoms with E-state index in [1.54, 1.807) is 0 Å². The molecule has 2 fully saturated rings. The molecule has 0 radical (unpaired) electrons. The highest BCUT2D eigenvalue weighted by molar-refractivity contribution is 5.81. The van der Waals surface area contributed by atoms with Crippen LogP contribution < -0.4 is 5.32 Å². The fraction of sp³-hybridized carbons (Fsp3) is 0.889. The molecule has 3 atom stereocenters. The van der Waals surface area contributed by atoms with Gasteiger partial charge in [-0.2, -0.15) is 0 Å². The molecule has 1 aliphatic carbocycles. The van der Waals surface area contributed by atoms with Crippen molar-refractivity contribution >= 4 is 5.91 Å². The van der Waals surface area contributed by atoms with Gasteiger partial charge in [-0.3, -0.25) is 4.79 Å². The third kappa shape index (κ3) is 1.05.